The highest BCUT2D eigenvalue weighted by Crippen LogP contribution is 1.99. The molecule has 0 aliphatic carbocycles. The van der Waals surface area contributed by atoms with Gasteiger partial charge in [0.25, 0.3) is 0 Å². The van der Waals surface area contributed by atoms with Crippen molar-refractivity contribution in [2.45, 2.75) is 0 Å². The molecule has 0 aliphatic rings. The van der Waals surface area contributed by atoms with Crippen LogP contribution in [0.3, 0.4) is 0 Å². The lowest BCUT2D eigenvalue weighted by Gasteiger charge is -1.84. The maximum Gasteiger partial charge on any atom is 0.479 e. The zero-order valence-corrected chi connectivity index (χ0v) is 2.97. The maximum atomic E-state index is 8.87. The molecule has 0 bridgehead atoms. The first-order valence-electron chi connectivity index (χ1n) is 0.714. The van der Waals surface area contributed by atoms with E-state index in [1.165, 1.54) is 0 Å². The van der Waals surface area contributed by atoms with E-state index in [9.17, 15) is 0 Å². The minimum Gasteiger partial charge on any atom is -0.674 e. The van der Waals surface area contributed by atoms with Crippen molar-refractivity contribution in [1.29, 1.82) is 0 Å². The lowest BCUT2D eigenvalue weighted by atomic mass is 15.0. The van der Waals surface area contributed by atoms with Crippen LogP contribution in [0.15, 0.2) is 0 Å². The molecule has 0 fully saturated rings. The molecule has 32 valence electrons. The molecule has 1 unspecified atom stereocenters. The Morgan fingerprint density at radius 1 is 2.00 bits per heavy atom. The summed E-state index contributed by atoms with van der Waals surface area (Å²) in [4.78, 5) is 8.87. The Labute approximate surface area is 30.4 Å². The van der Waals surface area contributed by atoms with Gasteiger partial charge in [0.2, 0.25) is 0 Å². The van der Waals surface area contributed by atoms with E-state index in [1.807, 2.05) is 0 Å². The summed E-state index contributed by atoms with van der Waals surface area (Å²) in [7, 11) is -3.15. The first-order chi connectivity index (χ1) is 2.27. The quantitative estimate of drug-likeness (QED) is 0.228. The molecule has 1 atom stereocenters. The number of rotatable bonds is 1. The Morgan fingerprint density at radius 2 is 2.20 bits per heavy atom. The van der Waals surface area contributed by atoms with Crippen molar-refractivity contribution in [1.82, 2.24) is 0 Å². The molecule has 0 rings (SSSR count). The highest BCUT2D eigenvalue weighted by Gasteiger charge is 1.80. The topological polar surface area (TPSA) is 72.4 Å². The Morgan fingerprint density at radius 3 is 2.20 bits per heavy atom. The molecule has 0 spiro atoms. The van der Waals surface area contributed by atoms with Crippen molar-refractivity contribution >= 4 is 8.25 Å². The summed E-state index contributed by atoms with van der Waals surface area (Å²) in [6.45, 7) is 0. The van der Waals surface area contributed by atoms with Gasteiger partial charge in [-0.25, -0.2) is 4.67 Å². The molecule has 0 radical (unpaired) electrons. The molecule has 0 aliphatic heterocycles. The van der Waals surface area contributed by atoms with Crippen LogP contribution in [0.25, 0.3) is 0 Å². The molecular weight excluding hydrogens is 95.0 g/mol. The molecule has 4 nitrogen and oxygen atoms in total. The van der Waals surface area contributed by atoms with Gasteiger partial charge >= 0.3 is 8.25 Å². The minimum absolute atomic E-state index is 0. The van der Waals surface area contributed by atoms with E-state index in [0.717, 1.165) is 0 Å². The Balaban J connectivity index is 0. The van der Waals surface area contributed by atoms with Crippen LogP contribution in [0.1, 0.15) is 1.43 Å². The number of hydrogen-bond acceptors (Lipinski definition) is 4. The second-order valence-corrected chi connectivity index (χ2v) is 0.894. The van der Waals surface area contributed by atoms with Gasteiger partial charge in [0.15, 0.2) is 0 Å². The molecule has 0 heterocycles. The fourth-order valence-electron chi connectivity index (χ4n) is 0. The highest BCUT2D eigenvalue weighted by molar-refractivity contribution is 7.30. The van der Waals surface area contributed by atoms with E-state index in [1.54, 1.807) is 0 Å². The van der Waals surface area contributed by atoms with Crippen molar-refractivity contribution in [2.24, 2.45) is 0 Å². The lowest BCUT2D eigenvalue weighted by Crippen LogP contribution is -2.01. The van der Waals surface area contributed by atoms with Gasteiger partial charge in [-0.3, -0.25) is 0 Å². The van der Waals surface area contributed by atoms with Crippen molar-refractivity contribution in [3.63, 3.8) is 0 Å². The van der Waals surface area contributed by atoms with Crippen molar-refractivity contribution in [3.05, 3.63) is 0 Å². The van der Waals surface area contributed by atoms with E-state index in [0.29, 0.717) is 0 Å². The minimum atomic E-state index is -3.15. The van der Waals surface area contributed by atoms with Gasteiger partial charge < -0.3 is 10.2 Å². The number of hydrogen-bond donors (Lipinski definition) is 0. The first-order valence-corrected chi connectivity index (χ1v) is 1.81. The lowest BCUT2D eigenvalue weighted by molar-refractivity contribution is -0.644. The zero-order valence-electron chi connectivity index (χ0n) is 2.08. The highest BCUT2D eigenvalue weighted by atomic mass is 31.1. The molecule has 0 aromatic carbocycles. The van der Waals surface area contributed by atoms with Crippen LogP contribution in [-0.4, -0.2) is 0 Å². The average Bonchev–Trinajstić information content (AvgIpc) is 1.38. The van der Waals surface area contributed by atoms with E-state index in [4.69, 9.17) is 14.7 Å². The van der Waals surface area contributed by atoms with Crippen molar-refractivity contribution in [2.75, 3.05) is 0 Å². The Bertz CT molecular complexity index is 42.8. The fraction of sp³-hybridized carbons (Fsp3) is 0. The molecule has 5 heavy (non-hydrogen) atoms. The van der Waals surface area contributed by atoms with E-state index in [-0.39, 0.29) is 1.43 Å². The molecular formula is H2O4P-. The second kappa shape index (κ2) is 2.23. The van der Waals surface area contributed by atoms with Crippen LogP contribution < -0.4 is 10.2 Å². The van der Waals surface area contributed by atoms with Gasteiger partial charge in [-0.15, -0.1) is 0 Å². The van der Waals surface area contributed by atoms with Crippen LogP contribution in [-0.2, 0) is 9.24 Å². The van der Waals surface area contributed by atoms with Crippen LogP contribution in [0.2, 0.25) is 0 Å². The predicted octanol–water partition coefficient (Wildman–Crippen LogP) is -1.46. The van der Waals surface area contributed by atoms with Crippen LogP contribution in [0.5, 0.6) is 0 Å². The van der Waals surface area contributed by atoms with Gasteiger partial charge in [0.1, 0.15) is 0 Å². The predicted molar refractivity (Wildman–Crippen MR) is 10.8 cm³/mol. The van der Waals surface area contributed by atoms with Gasteiger partial charge in [-0.1, -0.05) is 0 Å². The summed E-state index contributed by atoms with van der Waals surface area (Å²) in [6.07, 6.45) is 0. The fourth-order valence-corrected chi connectivity index (χ4v) is 0. The summed E-state index contributed by atoms with van der Waals surface area (Å²) in [6, 6.07) is 0. The third-order valence-electron chi connectivity index (χ3n) is 0.0609. The molecule has 0 aromatic heterocycles. The van der Waals surface area contributed by atoms with Crippen LogP contribution >= 0.6 is 8.25 Å². The Kier molecular flexibility index (Phi) is 2.22. The van der Waals surface area contributed by atoms with Gasteiger partial charge in [0, 0.05) is 1.43 Å². The Hall–Kier alpha value is -0.0200. The molecule has 0 saturated heterocycles. The third kappa shape index (κ3) is 3.98. The average molecular weight is 97.0 g/mol. The molecule has 0 aromatic rings. The summed E-state index contributed by atoms with van der Waals surface area (Å²) in [5, 5.41) is 8.53. The zero-order chi connectivity index (χ0) is 4.28. The van der Waals surface area contributed by atoms with Crippen LogP contribution in [0.4, 0.5) is 0 Å². The van der Waals surface area contributed by atoms with Crippen molar-refractivity contribution < 1.29 is 20.8 Å². The van der Waals surface area contributed by atoms with Gasteiger partial charge in [-0.2, -0.15) is 0 Å². The normalized spacial score (nSPS) is 11.2. The summed E-state index contributed by atoms with van der Waals surface area (Å²) in [5.74, 6) is 0. The molecule has 0 N–H and O–H groups in total. The summed E-state index contributed by atoms with van der Waals surface area (Å²) >= 11 is 0. The van der Waals surface area contributed by atoms with Gasteiger partial charge in [0.05, 0.1) is 0 Å². The summed E-state index contributed by atoms with van der Waals surface area (Å²) < 4.78 is 11.3. The third-order valence-corrected chi connectivity index (χ3v) is 0.183. The van der Waals surface area contributed by atoms with E-state index in [2.05, 4.69) is 4.67 Å². The summed E-state index contributed by atoms with van der Waals surface area (Å²) in [5.41, 5.74) is 0. The monoisotopic (exact) mass is 97.0 g/mol. The molecule has 5 heteroatoms. The smallest absolute Gasteiger partial charge is 0.479 e. The standard InChI is InChI=1S/HO4P.H2/c1-4-5(2)3;/h1H;1H/p-1. The first kappa shape index (κ1) is 4.98. The van der Waals surface area contributed by atoms with E-state index >= 15 is 0 Å². The van der Waals surface area contributed by atoms with Crippen molar-refractivity contribution in [3.8, 4) is 0 Å². The largest absolute Gasteiger partial charge is 0.674 e. The molecule has 0 amide bonds. The molecule has 0 saturated carbocycles. The van der Waals surface area contributed by atoms with Crippen LogP contribution in [0, 0.1) is 0 Å². The van der Waals surface area contributed by atoms with E-state index < -0.39 is 8.25 Å². The van der Waals surface area contributed by atoms with Gasteiger partial charge in [-0.05, 0) is 4.57 Å². The second-order valence-electron chi connectivity index (χ2n) is 0.298. The maximum absolute atomic E-state index is 8.87. The SMILES string of the molecule is O=[P+]([O-])O[O-].[HH].